The molecule has 1 heterocycles. The second kappa shape index (κ2) is 8.75. The van der Waals surface area contributed by atoms with Gasteiger partial charge in [-0.3, -0.25) is 0 Å². The van der Waals surface area contributed by atoms with E-state index in [1.807, 2.05) is 18.5 Å². The summed E-state index contributed by atoms with van der Waals surface area (Å²) in [5.41, 5.74) is 0. The van der Waals surface area contributed by atoms with Gasteiger partial charge in [-0.2, -0.15) is 13.2 Å². The van der Waals surface area contributed by atoms with Crippen LogP contribution in [0.25, 0.3) is 0 Å². The number of rotatable bonds is 4. The summed E-state index contributed by atoms with van der Waals surface area (Å²) >= 11 is 0. The van der Waals surface area contributed by atoms with Crippen LogP contribution in [0.2, 0.25) is 0 Å². The largest absolute Gasteiger partial charge is 0.391 e. The van der Waals surface area contributed by atoms with Crippen LogP contribution in [0, 0.1) is 12.8 Å². The van der Waals surface area contributed by atoms with Crippen LogP contribution in [-0.4, -0.2) is 39.0 Å². The van der Waals surface area contributed by atoms with Crippen molar-refractivity contribution in [1.82, 2.24) is 25.4 Å². The molecule has 2 atom stereocenters. The van der Waals surface area contributed by atoms with Crippen LogP contribution in [0.3, 0.4) is 0 Å². The lowest BCUT2D eigenvalue weighted by atomic mass is 9.85. The molecule has 1 aromatic heterocycles. The summed E-state index contributed by atoms with van der Waals surface area (Å²) in [4.78, 5) is 4.52. The third-order valence-corrected chi connectivity index (χ3v) is 4.96. The smallest absolute Gasteiger partial charge is 0.354 e. The summed E-state index contributed by atoms with van der Waals surface area (Å²) in [5.74, 6) is 0.889. The van der Waals surface area contributed by atoms with Gasteiger partial charge in [0.15, 0.2) is 11.8 Å². The molecule has 2 aliphatic rings. The van der Waals surface area contributed by atoms with E-state index in [9.17, 15) is 13.2 Å². The Hall–Kier alpha value is -1.07. The Morgan fingerprint density at radius 2 is 1.85 bits per heavy atom. The number of nitrogens with one attached hydrogen (secondary N) is 2. The van der Waals surface area contributed by atoms with Gasteiger partial charge in [-0.05, 0) is 39.0 Å². The molecule has 2 unspecified atom stereocenters. The molecule has 0 amide bonds. The molecule has 2 saturated carbocycles. The number of aromatic nitrogens is 3. The van der Waals surface area contributed by atoms with Gasteiger partial charge >= 0.3 is 6.18 Å². The average Bonchev–Trinajstić information content (AvgIpc) is 3.31. The lowest BCUT2D eigenvalue weighted by Crippen LogP contribution is -2.47. The quantitative estimate of drug-likeness (QED) is 0.390. The van der Waals surface area contributed by atoms with E-state index in [0.29, 0.717) is 25.0 Å². The molecule has 0 saturated heterocycles. The van der Waals surface area contributed by atoms with E-state index < -0.39 is 12.1 Å². The van der Waals surface area contributed by atoms with E-state index in [4.69, 9.17) is 0 Å². The molecule has 0 spiro atoms. The van der Waals surface area contributed by atoms with Gasteiger partial charge in [0.1, 0.15) is 12.4 Å². The second-order valence-electron chi connectivity index (χ2n) is 7.05. The van der Waals surface area contributed by atoms with Crippen molar-refractivity contribution < 1.29 is 13.2 Å². The summed E-state index contributed by atoms with van der Waals surface area (Å²) in [6.45, 7) is 2.20. The summed E-state index contributed by atoms with van der Waals surface area (Å²) in [6, 6.07) is 0.168. The third-order valence-electron chi connectivity index (χ3n) is 4.96. The molecule has 148 valence electrons. The number of hydrogen-bond acceptors (Lipinski definition) is 3. The van der Waals surface area contributed by atoms with Crippen molar-refractivity contribution in [3.05, 3.63) is 11.6 Å². The summed E-state index contributed by atoms with van der Waals surface area (Å²) in [5, 5.41) is 14.6. The molecule has 1 aromatic rings. The molecule has 0 bridgehead atoms. The molecule has 0 aromatic carbocycles. The zero-order valence-corrected chi connectivity index (χ0v) is 17.3. The Labute approximate surface area is 168 Å². The summed E-state index contributed by atoms with van der Waals surface area (Å²) in [6.07, 6.45) is -0.320. The van der Waals surface area contributed by atoms with Crippen molar-refractivity contribution in [1.29, 1.82) is 0 Å². The van der Waals surface area contributed by atoms with Gasteiger partial charge in [-0.25, -0.2) is 4.99 Å². The number of hydrogen-bond donors (Lipinski definition) is 2. The van der Waals surface area contributed by atoms with Crippen molar-refractivity contribution in [2.45, 2.75) is 70.3 Å². The average molecular weight is 486 g/mol. The number of aliphatic imine (C=N–C) groups is 1. The van der Waals surface area contributed by atoms with Crippen LogP contribution in [0.5, 0.6) is 0 Å². The molecule has 26 heavy (non-hydrogen) atoms. The topological polar surface area (TPSA) is 67.1 Å². The van der Waals surface area contributed by atoms with Crippen molar-refractivity contribution in [2.24, 2.45) is 18.0 Å². The molecule has 2 N–H and O–H groups in total. The van der Waals surface area contributed by atoms with Gasteiger partial charge in [-0.1, -0.05) is 6.42 Å². The molecule has 0 aliphatic heterocycles. The highest BCUT2D eigenvalue weighted by molar-refractivity contribution is 14.0. The summed E-state index contributed by atoms with van der Waals surface area (Å²) in [7, 11) is 1.87. The van der Waals surface area contributed by atoms with Crippen molar-refractivity contribution in [3.63, 3.8) is 0 Å². The number of guanidine groups is 1. The SMILES string of the molecule is Cc1nnc(CN=C(NC2CC2)NC2CCCC(C(F)(F)F)C2)n1C.I. The molecule has 0 radical (unpaired) electrons. The number of halogens is 4. The molecule has 10 heteroatoms. The van der Waals surface area contributed by atoms with Crippen molar-refractivity contribution >= 4 is 29.9 Å². The van der Waals surface area contributed by atoms with Crippen LogP contribution < -0.4 is 10.6 Å². The van der Waals surface area contributed by atoms with Crippen LogP contribution in [0.1, 0.15) is 50.2 Å². The standard InChI is InChI=1S/C16H25F3N6.HI/c1-10-23-24-14(25(10)2)9-20-15(21-12-6-7-12)22-13-5-3-4-11(8-13)16(17,18)19;/h11-13H,3-9H2,1-2H3,(H2,20,21,22);1H. The van der Waals surface area contributed by atoms with Gasteiger partial charge in [0, 0.05) is 19.1 Å². The van der Waals surface area contributed by atoms with Crippen molar-refractivity contribution in [3.8, 4) is 0 Å². The fourth-order valence-corrected chi connectivity index (χ4v) is 3.10. The normalized spacial score (nSPS) is 24.1. The highest BCUT2D eigenvalue weighted by Gasteiger charge is 2.42. The van der Waals surface area contributed by atoms with Crippen LogP contribution >= 0.6 is 24.0 Å². The number of aryl methyl sites for hydroxylation is 1. The monoisotopic (exact) mass is 486 g/mol. The second-order valence-corrected chi connectivity index (χ2v) is 7.05. The third kappa shape index (κ3) is 5.71. The fourth-order valence-electron chi connectivity index (χ4n) is 3.10. The Bertz CT molecular complexity index is 626. The maximum absolute atomic E-state index is 13.0. The Morgan fingerprint density at radius 1 is 1.15 bits per heavy atom. The predicted octanol–water partition coefficient (Wildman–Crippen LogP) is 3.06. The maximum Gasteiger partial charge on any atom is 0.391 e. The zero-order valence-electron chi connectivity index (χ0n) is 15.0. The van der Waals surface area contributed by atoms with Crippen LogP contribution in [0.15, 0.2) is 4.99 Å². The maximum atomic E-state index is 13.0. The minimum atomic E-state index is -4.11. The van der Waals surface area contributed by atoms with Gasteiger partial charge in [-0.15, -0.1) is 34.2 Å². The molecule has 2 fully saturated rings. The molecule has 3 rings (SSSR count). The first-order valence-corrected chi connectivity index (χ1v) is 8.82. The highest BCUT2D eigenvalue weighted by atomic mass is 127. The van der Waals surface area contributed by atoms with Gasteiger partial charge in [0.05, 0.1) is 5.92 Å². The first-order valence-electron chi connectivity index (χ1n) is 8.82. The Morgan fingerprint density at radius 3 is 2.42 bits per heavy atom. The molecular formula is C16H26F3IN6. The van der Waals surface area contributed by atoms with Crippen LogP contribution in [0.4, 0.5) is 13.2 Å². The molecular weight excluding hydrogens is 460 g/mol. The first-order chi connectivity index (χ1) is 11.8. The van der Waals surface area contributed by atoms with Gasteiger partial charge < -0.3 is 15.2 Å². The highest BCUT2D eigenvalue weighted by Crippen LogP contribution is 2.37. The van der Waals surface area contributed by atoms with E-state index in [1.54, 1.807) is 0 Å². The number of alkyl halides is 3. The minimum Gasteiger partial charge on any atom is -0.354 e. The van der Waals surface area contributed by atoms with Gasteiger partial charge in [0.2, 0.25) is 0 Å². The Kier molecular flexibility index (Phi) is 7.14. The van der Waals surface area contributed by atoms with Gasteiger partial charge in [0.25, 0.3) is 0 Å². The fraction of sp³-hybridized carbons (Fsp3) is 0.812. The van der Waals surface area contributed by atoms with Crippen LogP contribution in [-0.2, 0) is 13.6 Å². The zero-order chi connectivity index (χ0) is 18.0. The summed E-state index contributed by atoms with van der Waals surface area (Å²) < 4.78 is 40.8. The van der Waals surface area contributed by atoms with E-state index in [1.165, 1.54) is 0 Å². The van der Waals surface area contributed by atoms with E-state index >= 15 is 0 Å². The van der Waals surface area contributed by atoms with Crippen molar-refractivity contribution in [2.75, 3.05) is 0 Å². The minimum absolute atomic E-state index is 0. The lowest BCUT2D eigenvalue weighted by molar-refractivity contribution is -0.183. The predicted molar refractivity (Wildman–Crippen MR) is 103 cm³/mol. The lowest BCUT2D eigenvalue weighted by Gasteiger charge is -2.32. The molecule has 2 aliphatic carbocycles. The number of nitrogens with zero attached hydrogens (tertiary/aromatic N) is 4. The Balaban J connectivity index is 0.00000243. The van der Waals surface area contributed by atoms with E-state index in [2.05, 4.69) is 25.8 Å². The van der Waals surface area contributed by atoms with E-state index in [-0.39, 0.29) is 42.9 Å². The first kappa shape index (κ1) is 21.2. The van der Waals surface area contributed by atoms with E-state index in [0.717, 1.165) is 30.9 Å². The molecule has 6 nitrogen and oxygen atoms in total.